The molecule has 5 atom stereocenters. The van der Waals surface area contributed by atoms with Crippen molar-refractivity contribution >= 4 is 41.1 Å². The lowest BCUT2D eigenvalue weighted by Crippen LogP contribution is -2.62. The molecule has 0 saturated carbocycles. The van der Waals surface area contributed by atoms with E-state index >= 15 is 0 Å². The topological polar surface area (TPSA) is 107 Å². The van der Waals surface area contributed by atoms with Gasteiger partial charge >= 0.3 is 17.9 Å². The Kier molecular flexibility index (Phi) is 9.04. The van der Waals surface area contributed by atoms with Crippen LogP contribution >= 0.6 is 23.2 Å². The van der Waals surface area contributed by atoms with Crippen molar-refractivity contribution in [1.29, 1.82) is 0 Å². The number of hydrogen-bond donors (Lipinski definition) is 0. The molecule has 0 amide bonds. The van der Waals surface area contributed by atoms with E-state index in [1.54, 1.807) is 0 Å². The number of carbonyl (C=O) groups is 3. The highest BCUT2D eigenvalue weighted by Gasteiger charge is 2.50. The molecule has 11 heteroatoms. The Bertz CT molecular complexity index is 530. The van der Waals surface area contributed by atoms with Crippen LogP contribution in [-0.4, -0.2) is 80.2 Å². The highest BCUT2D eigenvalue weighted by molar-refractivity contribution is 6.26. The van der Waals surface area contributed by atoms with Crippen LogP contribution in [0.25, 0.3) is 0 Å². The van der Waals surface area contributed by atoms with Crippen molar-refractivity contribution in [1.82, 2.24) is 0 Å². The van der Waals surface area contributed by atoms with Gasteiger partial charge < -0.3 is 28.4 Å². The molecule has 2 aliphatic heterocycles. The van der Waals surface area contributed by atoms with Crippen LogP contribution in [0.4, 0.5) is 0 Å². The van der Waals surface area contributed by atoms with Gasteiger partial charge in [0.25, 0.3) is 6.29 Å². The number of rotatable bonds is 8. The van der Waals surface area contributed by atoms with Crippen molar-refractivity contribution in [3.05, 3.63) is 0 Å². The molecule has 0 radical (unpaired) electrons. The first-order valence-electron chi connectivity index (χ1n) is 8.56. The van der Waals surface area contributed by atoms with Crippen LogP contribution in [0.15, 0.2) is 0 Å². The Morgan fingerprint density at radius 3 is 2.41 bits per heavy atom. The van der Waals surface area contributed by atoms with E-state index in [9.17, 15) is 14.4 Å². The molecule has 0 aromatic heterocycles. The summed E-state index contributed by atoms with van der Waals surface area (Å²) in [4.78, 5) is 35.3. The van der Waals surface area contributed by atoms with Gasteiger partial charge in [0, 0.05) is 0 Å². The molecule has 2 saturated heterocycles. The minimum atomic E-state index is -1.30. The summed E-state index contributed by atoms with van der Waals surface area (Å²) in [6.45, 7) is 2.17. The lowest BCUT2D eigenvalue weighted by molar-refractivity contribution is -0.309. The van der Waals surface area contributed by atoms with E-state index in [4.69, 9.17) is 51.6 Å². The summed E-state index contributed by atoms with van der Waals surface area (Å²) >= 11 is 11.0. The summed E-state index contributed by atoms with van der Waals surface area (Å²) in [6, 6.07) is 0. The van der Waals surface area contributed by atoms with Crippen molar-refractivity contribution in [3.63, 3.8) is 0 Å². The highest BCUT2D eigenvalue weighted by Crippen LogP contribution is 2.29. The van der Waals surface area contributed by atoms with E-state index in [0.29, 0.717) is 6.42 Å². The molecule has 27 heavy (non-hydrogen) atoms. The highest BCUT2D eigenvalue weighted by atomic mass is 35.5. The molecule has 0 aliphatic carbocycles. The third-order valence-electron chi connectivity index (χ3n) is 3.93. The van der Waals surface area contributed by atoms with E-state index in [-0.39, 0.29) is 25.7 Å². The largest absolute Gasteiger partial charge is 0.462 e. The van der Waals surface area contributed by atoms with Gasteiger partial charge in [0.05, 0.1) is 19.8 Å². The lowest BCUT2D eigenvalue weighted by Gasteiger charge is -2.44. The summed E-state index contributed by atoms with van der Waals surface area (Å²) < 4.78 is 32.1. The van der Waals surface area contributed by atoms with Crippen LogP contribution in [0.3, 0.4) is 0 Å². The number of carbonyl (C=O) groups excluding carboxylic acids is 3. The van der Waals surface area contributed by atoms with Gasteiger partial charge in [-0.05, 0) is 6.42 Å². The first-order chi connectivity index (χ1) is 13.0. The van der Waals surface area contributed by atoms with Gasteiger partial charge in [-0.15, -0.1) is 23.2 Å². The third-order valence-corrected chi connectivity index (χ3v) is 4.36. The normalized spacial score (nSPS) is 30.1. The van der Waals surface area contributed by atoms with E-state index in [0.717, 1.165) is 6.42 Å². The quantitative estimate of drug-likeness (QED) is 0.239. The van der Waals surface area contributed by atoms with Gasteiger partial charge in [0.1, 0.15) is 24.0 Å². The molecule has 9 nitrogen and oxygen atoms in total. The molecule has 2 heterocycles. The zero-order valence-electron chi connectivity index (χ0n) is 14.8. The number of unbranched alkanes of at least 4 members (excludes halogenated alkanes) is 1. The molecular formula is C16H22Cl2O9. The maximum absolute atomic E-state index is 12.1. The van der Waals surface area contributed by atoms with Gasteiger partial charge in [0.2, 0.25) is 0 Å². The number of halogens is 2. The molecular weight excluding hydrogens is 407 g/mol. The summed E-state index contributed by atoms with van der Waals surface area (Å²) in [5.74, 6) is -2.91. The summed E-state index contributed by atoms with van der Waals surface area (Å²) in [7, 11) is 0. The molecule has 2 fully saturated rings. The summed E-state index contributed by atoms with van der Waals surface area (Å²) in [6.07, 6.45) is -3.24. The Balaban J connectivity index is 2.08. The predicted molar refractivity (Wildman–Crippen MR) is 91.4 cm³/mol. The van der Waals surface area contributed by atoms with Crippen LogP contribution in [-0.2, 0) is 42.8 Å². The van der Waals surface area contributed by atoms with Crippen molar-refractivity contribution in [2.24, 2.45) is 0 Å². The molecule has 2 aliphatic rings. The Morgan fingerprint density at radius 2 is 1.74 bits per heavy atom. The van der Waals surface area contributed by atoms with E-state index in [1.165, 1.54) is 0 Å². The predicted octanol–water partition coefficient (Wildman–Crippen LogP) is 0.771. The minimum Gasteiger partial charge on any atom is -0.462 e. The van der Waals surface area contributed by atoms with Gasteiger partial charge in [-0.25, -0.2) is 4.79 Å². The molecule has 0 aromatic carbocycles. The second-order valence-electron chi connectivity index (χ2n) is 5.91. The molecule has 0 N–H and O–H groups in total. The number of hydrogen-bond acceptors (Lipinski definition) is 9. The van der Waals surface area contributed by atoms with E-state index < -0.39 is 54.5 Å². The average Bonchev–Trinajstić information content (AvgIpc) is 2.69. The maximum atomic E-state index is 12.1. The van der Waals surface area contributed by atoms with Crippen molar-refractivity contribution in [2.45, 2.75) is 50.5 Å². The van der Waals surface area contributed by atoms with Crippen LogP contribution < -0.4 is 0 Å². The standard InChI is InChI=1S/C16H22Cl2O9/c1-2-3-4-22-15(21)16-24-7-9-13(27-16)14(26-12(20)6-18)10(8-23-9)25-11(19)5-17/h9-10,13-14,16H,2-8H2,1H3. The maximum Gasteiger partial charge on any atom is 0.363 e. The number of alkyl halides is 2. The molecule has 0 aromatic rings. The molecule has 0 spiro atoms. The fraction of sp³-hybridized carbons (Fsp3) is 0.812. The average molecular weight is 429 g/mol. The summed E-state index contributed by atoms with van der Waals surface area (Å²) in [5, 5.41) is 0. The SMILES string of the molecule is CCCCOC(=O)C1OCC2OCC(OC(=O)CCl)C(OC(=O)CCl)C2O1. The third kappa shape index (κ3) is 6.18. The Labute approximate surface area is 166 Å². The van der Waals surface area contributed by atoms with Gasteiger partial charge in [-0.2, -0.15) is 0 Å². The van der Waals surface area contributed by atoms with Gasteiger partial charge in [0.15, 0.2) is 12.2 Å². The second-order valence-corrected chi connectivity index (χ2v) is 6.44. The fourth-order valence-electron chi connectivity index (χ4n) is 2.64. The lowest BCUT2D eigenvalue weighted by atomic mass is 9.99. The minimum absolute atomic E-state index is 0.0172. The number of fused-ring (bicyclic) bond motifs is 1. The first-order valence-corrected chi connectivity index (χ1v) is 9.63. The van der Waals surface area contributed by atoms with Crippen LogP contribution in [0.5, 0.6) is 0 Å². The molecule has 0 bridgehead atoms. The smallest absolute Gasteiger partial charge is 0.363 e. The number of ether oxygens (including phenoxy) is 6. The second kappa shape index (κ2) is 11.0. The monoisotopic (exact) mass is 428 g/mol. The molecule has 2 rings (SSSR count). The van der Waals surface area contributed by atoms with Gasteiger partial charge in [-0.1, -0.05) is 13.3 Å². The van der Waals surface area contributed by atoms with Crippen molar-refractivity contribution < 1.29 is 42.8 Å². The molecule has 5 unspecified atom stereocenters. The molecule has 154 valence electrons. The zero-order chi connectivity index (χ0) is 19.8. The van der Waals surface area contributed by atoms with Gasteiger partial charge in [-0.3, -0.25) is 9.59 Å². The fourth-order valence-corrected chi connectivity index (χ4v) is 2.77. The van der Waals surface area contributed by atoms with E-state index in [1.807, 2.05) is 6.92 Å². The van der Waals surface area contributed by atoms with Crippen molar-refractivity contribution in [2.75, 3.05) is 31.6 Å². The van der Waals surface area contributed by atoms with Crippen LogP contribution in [0.1, 0.15) is 19.8 Å². The number of esters is 3. The first kappa shape index (κ1) is 22.2. The van der Waals surface area contributed by atoms with E-state index in [2.05, 4.69) is 0 Å². The van der Waals surface area contributed by atoms with Crippen LogP contribution in [0.2, 0.25) is 0 Å². The summed E-state index contributed by atoms with van der Waals surface area (Å²) in [5.41, 5.74) is 0. The zero-order valence-corrected chi connectivity index (χ0v) is 16.3. The Morgan fingerprint density at radius 1 is 1.04 bits per heavy atom. The Hall–Kier alpha value is -1.13. The van der Waals surface area contributed by atoms with Crippen molar-refractivity contribution in [3.8, 4) is 0 Å². The van der Waals surface area contributed by atoms with Crippen LogP contribution in [0, 0.1) is 0 Å².